The highest BCUT2D eigenvalue weighted by Gasteiger charge is 2.12. The van der Waals surface area contributed by atoms with Crippen molar-refractivity contribution in [2.24, 2.45) is 0 Å². The van der Waals surface area contributed by atoms with Gasteiger partial charge in [-0.05, 0) is 54.9 Å². The van der Waals surface area contributed by atoms with Crippen molar-refractivity contribution >= 4 is 23.5 Å². The van der Waals surface area contributed by atoms with E-state index in [1.165, 1.54) is 0 Å². The molecule has 0 saturated carbocycles. The van der Waals surface area contributed by atoms with Gasteiger partial charge in [-0.25, -0.2) is 0 Å². The van der Waals surface area contributed by atoms with Gasteiger partial charge in [-0.2, -0.15) is 4.98 Å². The van der Waals surface area contributed by atoms with Crippen LogP contribution in [0.4, 0.5) is 5.95 Å². The number of carbonyl (C=O) groups is 1. The molecule has 0 atom stereocenters. The Bertz CT molecular complexity index is 908. The van der Waals surface area contributed by atoms with Crippen molar-refractivity contribution in [1.29, 1.82) is 0 Å². The maximum absolute atomic E-state index is 12.0. The molecule has 25 heavy (non-hydrogen) atoms. The van der Waals surface area contributed by atoms with E-state index in [0.29, 0.717) is 16.7 Å². The molecule has 0 aliphatic carbocycles. The number of benzene rings is 2. The van der Waals surface area contributed by atoms with Crippen LogP contribution in [-0.2, 0) is 4.79 Å². The Morgan fingerprint density at radius 1 is 1.24 bits per heavy atom. The van der Waals surface area contributed by atoms with E-state index in [9.17, 15) is 4.79 Å². The minimum atomic E-state index is -0.385. The van der Waals surface area contributed by atoms with Gasteiger partial charge in [0, 0.05) is 10.6 Å². The molecule has 0 bridgehead atoms. The molecule has 6 nitrogen and oxygen atoms in total. The molecule has 3 aromatic rings. The number of halogens is 1. The number of aromatic nitrogens is 2. The van der Waals surface area contributed by atoms with Gasteiger partial charge in [-0.3, -0.25) is 10.1 Å². The van der Waals surface area contributed by atoms with Crippen LogP contribution in [0.5, 0.6) is 5.75 Å². The summed E-state index contributed by atoms with van der Waals surface area (Å²) in [4.78, 5) is 16.1. The largest absolute Gasteiger partial charge is 0.484 e. The lowest BCUT2D eigenvalue weighted by atomic mass is 10.1. The second kappa shape index (κ2) is 7.36. The summed E-state index contributed by atoms with van der Waals surface area (Å²) in [6.45, 7) is 3.66. The summed E-state index contributed by atoms with van der Waals surface area (Å²) in [6.07, 6.45) is 0. The van der Waals surface area contributed by atoms with Crippen LogP contribution >= 0.6 is 11.6 Å². The van der Waals surface area contributed by atoms with Gasteiger partial charge in [0.15, 0.2) is 6.61 Å². The molecule has 3 rings (SSSR count). The van der Waals surface area contributed by atoms with E-state index in [1.54, 1.807) is 18.2 Å². The topological polar surface area (TPSA) is 77.2 Å². The summed E-state index contributed by atoms with van der Waals surface area (Å²) in [5.41, 5.74) is 2.74. The molecular formula is C18H16ClN3O3. The van der Waals surface area contributed by atoms with Gasteiger partial charge in [0.05, 0.1) is 0 Å². The van der Waals surface area contributed by atoms with Gasteiger partial charge >= 0.3 is 0 Å². The van der Waals surface area contributed by atoms with Gasteiger partial charge in [0.25, 0.3) is 17.7 Å². The molecule has 0 aliphatic rings. The summed E-state index contributed by atoms with van der Waals surface area (Å²) in [7, 11) is 0. The maximum atomic E-state index is 12.0. The molecule has 1 heterocycles. The Labute approximate surface area is 149 Å². The lowest BCUT2D eigenvalue weighted by molar-refractivity contribution is -0.118. The normalized spacial score (nSPS) is 10.5. The fourth-order valence-corrected chi connectivity index (χ4v) is 2.30. The molecule has 1 N–H and O–H groups in total. The molecule has 0 spiro atoms. The fourth-order valence-electron chi connectivity index (χ4n) is 2.19. The Morgan fingerprint density at radius 2 is 2.08 bits per heavy atom. The highest BCUT2D eigenvalue weighted by atomic mass is 35.5. The SMILES string of the molecule is Cc1cccc(-c2nc(NC(=O)COc3ccc(Cl)c(C)c3)no2)c1. The molecule has 0 saturated heterocycles. The predicted octanol–water partition coefficient (Wildman–Crippen LogP) is 4.02. The number of aryl methyl sites for hydroxylation is 2. The third-order valence-electron chi connectivity index (χ3n) is 3.44. The standard InChI is InChI=1S/C18H16ClN3O3/c1-11-4-3-5-13(8-11)17-21-18(22-25-17)20-16(23)10-24-14-6-7-15(19)12(2)9-14/h3-9H,10H2,1-2H3,(H,20,22,23). The van der Waals surface area contributed by atoms with Crippen LogP contribution in [0, 0.1) is 13.8 Å². The van der Waals surface area contributed by atoms with E-state index in [0.717, 1.165) is 16.7 Å². The van der Waals surface area contributed by atoms with E-state index in [4.69, 9.17) is 20.9 Å². The van der Waals surface area contributed by atoms with E-state index < -0.39 is 0 Å². The molecular weight excluding hydrogens is 342 g/mol. The summed E-state index contributed by atoms with van der Waals surface area (Å²) in [5.74, 6) is 0.612. The van der Waals surface area contributed by atoms with Gasteiger partial charge < -0.3 is 9.26 Å². The number of hydrogen-bond acceptors (Lipinski definition) is 5. The number of anilines is 1. The van der Waals surface area contributed by atoms with Crippen molar-refractivity contribution in [2.75, 3.05) is 11.9 Å². The number of nitrogens with zero attached hydrogens (tertiary/aromatic N) is 2. The second-order valence-electron chi connectivity index (χ2n) is 5.54. The lowest BCUT2D eigenvalue weighted by Crippen LogP contribution is -2.20. The average molecular weight is 358 g/mol. The zero-order valence-electron chi connectivity index (χ0n) is 13.7. The van der Waals surface area contributed by atoms with Crippen LogP contribution in [0.1, 0.15) is 11.1 Å². The molecule has 0 aliphatic heterocycles. The number of hydrogen-bond donors (Lipinski definition) is 1. The van der Waals surface area contributed by atoms with Crippen LogP contribution < -0.4 is 10.1 Å². The molecule has 128 valence electrons. The molecule has 2 aromatic carbocycles. The van der Waals surface area contributed by atoms with Crippen molar-refractivity contribution in [2.45, 2.75) is 13.8 Å². The third kappa shape index (κ3) is 4.36. The Hall–Kier alpha value is -2.86. The molecule has 0 radical (unpaired) electrons. The van der Waals surface area contributed by atoms with E-state index in [-0.39, 0.29) is 18.5 Å². The zero-order chi connectivity index (χ0) is 17.8. The first kappa shape index (κ1) is 17.0. The van der Waals surface area contributed by atoms with Crippen LogP contribution in [0.25, 0.3) is 11.5 Å². The summed E-state index contributed by atoms with van der Waals surface area (Å²) < 4.78 is 10.6. The van der Waals surface area contributed by atoms with E-state index in [2.05, 4.69) is 15.5 Å². The molecule has 1 amide bonds. The van der Waals surface area contributed by atoms with Crippen molar-refractivity contribution in [3.05, 3.63) is 58.6 Å². The minimum Gasteiger partial charge on any atom is -0.484 e. The first-order valence-electron chi connectivity index (χ1n) is 7.61. The second-order valence-corrected chi connectivity index (χ2v) is 5.95. The maximum Gasteiger partial charge on any atom is 0.270 e. The third-order valence-corrected chi connectivity index (χ3v) is 3.87. The van der Waals surface area contributed by atoms with Crippen LogP contribution in [0.2, 0.25) is 5.02 Å². The highest BCUT2D eigenvalue weighted by molar-refractivity contribution is 6.31. The zero-order valence-corrected chi connectivity index (χ0v) is 14.5. The van der Waals surface area contributed by atoms with Crippen LogP contribution in [0.15, 0.2) is 47.0 Å². The smallest absolute Gasteiger partial charge is 0.270 e. The monoisotopic (exact) mass is 357 g/mol. The van der Waals surface area contributed by atoms with E-state index >= 15 is 0 Å². The van der Waals surface area contributed by atoms with Crippen LogP contribution in [-0.4, -0.2) is 22.7 Å². The van der Waals surface area contributed by atoms with Gasteiger partial charge in [-0.15, -0.1) is 0 Å². The van der Waals surface area contributed by atoms with Crippen molar-refractivity contribution in [3.8, 4) is 17.2 Å². The Morgan fingerprint density at radius 3 is 2.84 bits per heavy atom. The van der Waals surface area contributed by atoms with Gasteiger partial charge in [-0.1, -0.05) is 29.3 Å². The summed E-state index contributed by atoms with van der Waals surface area (Å²) in [5, 5.41) is 6.93. The molecule has 1 aromatic heterocycles. The summed E-state index contributed by atoms with van der Waals surface area (Å²) >= 11 is 5.95. The number of carbonyl (C=O) groups excluding carboxylic acids is 1. The quantitative estimate of drug-likeness (QED) is 0.746. The minimum absolute atomic E-state index is 0.0948. The molecule has 7 heteroatoms. The van der Waals surface area contributed by atoms with Gasteiger partial charge in [0.2, 0.25) is 0 Å². The molecule has 0 unspecified atom stereocenters. The number of rotatable bonds is 5. The Balaban J connectivity index is 1.59. The van der Waals surface area contributed by atoms with Crippen LogP contribution in [0.3, 0.4) is 0 Å². The summed E-state index contributed by atoms with van der Waals surface area (Å²) in [6, 6.07) is 12.8. The number of amides is 1. The van der Waals surface area contributed by atoms with Gasteiger partial charge in [0.1, 0.15) is 5.75 Å². The molecule has 0 fully saturated rings. The highest BCUT2D eigenvalue weighted by Crippen LogP contribution is 2.21. The number of nitrogens with one attached hydrogen (secondary N) is 1. The number of ether oxygens (including phenoxy) is 1. The first-order valence-corrected chi connectivity index (χ1v) is 7.98. The van der Waals surface area contributed by atoms with Crippen molar-refractivity contribution in [3.63, 3.8) is 0 Å². The fraction of sp³-hybridized carbons (Fsp3) is 0.167. The first-order chi connectivity index (χ1) is 12.0. The van der Waals surface area contributed by atoms with Crippen molar-refractivity contribution < 1.29 is 14.1 Å². The lowest BCUT2D eigenvalue weighted by Gasteiger charge is -2.06. The van der Waals surface area contributed by atoms with E-state index in [1.807, 2.05) is 38.1 Å². The Kier molecular flexibility index (Phi) is 5.00. The predicted molar refractivity (Wildman–Crippen MR) is 94.8 cm³/mol. The average Bonchev–Trinajstić information content (AvgIpc) is 3.04. The van der Waals surface area contributed by atoms with Crippen molar-refractivity contribution in [1.82, 2.24) is 10.1 Å².